The Labute approximate surface area is 467 Å². The molecule has 6 aliphatic rings. The van der Waals surface area contributed by atoms with Gasteiger partial charge in [0.1, 0.15) is 34.7 Å². The topological polar surface area (TPSA) is 115 Å². The summed E-state index contributed by atoms with van der Waals surface area (Å²) in [6, 6.07) is 27.4. The smallest absolute Gasteiger partial charge is 0.326 e. The van der Waals surface area contributed by atoms with E-state index in [2.05, 4.69) is 40.8 Å². The third-order valence-electron chi connectivity index (χ3n) is 16.4. The van der Waals surface area contributed by atoms with Crippen LogP contribution in [0.25, 0.3) is 0 Å². The molecule has 4 fully saturated rings. The van der Waals surface area contributed by atoms with E-state index in [1.807, 2.05) is 101 Å². The van der Waals surface area contributed by atoms with Crippen LogP contribution in [0, 0.1) is 5.92 Å². The molecule has 0 radical (unpaired) electrons. The summed E-state index contributed by atoms with van der Waals surface area (Å²) in [4.78, 5) is 52.2. The molecule has 1 aliphatic carbocycles. The second-order valence-corrected chi connectivity index (χ2v) is 22.2. The molecule has 4 unspecified atom stereocenters. The molecule has 4 amide bonds. The predicted molar refractivity (Wildman–Crippen MR) is 308 cm³/mol. The number of carbonyl (C=O) groups excluding carboxylic acids is 2. The zero-order valence-corrected chi connectivity index (χ0v) is 47.7. The number of nitrogens with zero attached hydrogens (tertiary/aromatic N) is 8. The van der Waals surface area contributed by atoms with Crippen molar-refractivity contribution in [2.75, 3.05) is 86.8 Å². The molecule has 0 aromatic heterocycles. The molecular formula is C61H80Cl2N8O6. The van der Waals surface area contributed by atoms with E-state index in [4.69, 9.17) is 52.1 Å². The van der Waals surface area contributed by atoms with Gasteiger partial charge in [-0.05, 0) is 138 Å². The maximum atomic E-state index is 14.7. The Hall–Kier alpha value is -5.54. The normalized spacial score (nSPS) is 22.4. The number of amides is 4. The number of aliphatic imine (C=N–C) groups is 2. The molecule has 4 aromatic rings. The largest absolute Gasteiger partial charge is 0.497 e. The van der Waals surface area contributed by atoms with E-state index in [1.54, 1.807) is 14.2 Å². The summed E-state index contributed by atoms with van der Waals surface area (Å²) in [6.45, 7) is 14.1. The SMILES string of the molecule is CCCC1N=C(c2ccc(OC)cc2OCC)N(C(=O)N2CCN(C)CC2)C1c1ccc(Cl)cc1.CCOc1cc(OC)ccc1C1=NC(CC2CCCC2)C(c2ccc(Cl)cc2)N1C(=O)N1CCC(N2CCCC2)CC1. The van der Waals surface area contributed by atoms with Gasteiger partial charge in [-0.3, -0.25) is 19.8 Å². The minimum atomic E-state index is -0.217. The Morgan fingerprint density at radius 3 is 1.51 bits per heavy atom. The summed E-state index contributed by atoms with van der Waals surface area (Å²) >= 11 is 12.5. The minimum absolute atomic E-state index is 0.0198. The molecule has 1 saturated carbocycles. The number of piperidine rings is 1. The summed E-state index contributed by atoms with van der Waals surface area (Å²) in [6.07, 6.45) is 12.5. The molecule has 0 spiro atoms. The molecule has 0 N–H and O–H groups in total. The van der Waals surface area contributed by atoms with Gasteiger partial charge in [-0.1, -0.05) is 86.5 Å². The average molecular weight is 1090 g/mol. The van der Waals surface area contributed by atoms with Crippen LogP contribution in [0.5, 0.6) is 23.0 Å². The number of likely N-dealkylation sites (N-methyl/N-ethyl adjacent to an activating group) is 1. The number of halogens is 2. The highest BCUT2D eigenvalue weighted by molar-refractivity contribution is 6.30. The fourth-order valence-electron chi connectivity index (χ4n) is 12.4. The first-order chi connectivity index (χ1) is 37.5. The summed E-state index contributed by atoms with van der Waals surface area (Å²) in [5.41, 5.74) is 3.74. The predicted octanol–water partition coefficient (Wildman–Crippen LogP) is 12.3. The van der Waals surface area contributed by atoms with Crippen LogP contribution in [-0.2, 0) is 0 Å². The molecular weight excluding hydrogens is 1010 g/mol. The second-order valence-electron chi connectivity index (χ2n) is 21.4. The van der Waals surface area contributed by atoms with Gasteiger partial charge < -0.3 is 38.5 Å². The van der Waals surface area contributed by atoms with Crippen molar-refractivity contribution >= 4 is 46.9 Å². The number of ether oxygens (including phenoxy) is 4. The van der Waals surface area contributed by atoms with Crippen molar-refractivity contribution in [2.45, 2.75) is 122 Å². The van der Waals surface area contributed by atoms with Gasteiger partial charge >= 0.3 is 12.1 Å². The Bertz CT molecular complexity index is 2660. The summed E-state index contributed by atoms with van der Waals surface area (Å²) in [5.74, 6) is 4.76. The molecule has 5 aliphatic heterocycles. The lowest BCUT2D eigenvalue weighted by Crippen LogP contribution is -2.53. The maximum absolute atomic E-state index is 14.7. The van der Waals surface area contributed by atoms with Crippen molar-refractivity contribution < 1.29 is 28.5 Å². The number of hydrogen-bond acceptors (Lipinski definition) is 10. The maximum Gasteiger partial charge on any atom is 0.326 e. The fraction of sp³-hybridized carbons (Fsp3) is 0.541. The van der Waals surface area contributed by atoms with Gasteiger partial charge in [0.05, 0.1) is 62.7 Å². The Kier molecular flexibility index (Phi) is 19.3. The van der Waals surface area contributed by atoms with Crippen molar-refractivity contribution in [1.29, 1.82) is 0 Å². The number of piperazine rings is 1. The van der Waals surface area contributed by atoms with Crippen LogP contribution in [0.2, 0.25) is 10.0 Å². The van der Waals surface area contributed by atoms with E-state index >= 15 is 0 Å². The third kappa shape index (κ3) is 13.0. The van der Waals surface area contributed by atoms with Gasteiger partial charge in [-0.25, -0.2) is 9.59 Å². The highest BCUT2D eigenvalue weighted by atomic mass is 35.5. The third-order valence-corrected chi connectivity index (χ3v) is 16.9. The highest BCUT2D eigenvalue weighted by Gasteiger charge is 2.47. The number of rotatable bonds is 15. The van der Waals surface area contributed by atoms with Gasteiger partial charge in [0.2, 0.25) is 0 Å². The first-order valence-corrected chi connectivity index (χ1v) is 29.2. The van der Waals surface area contributed by atoms with Crippen LogP contribution < -0.4 is 18.9 Å². The van der Waals surface area contributed by atoms with Gasteiger partial charge in [-0.15, -0.1) is 0 Å². The molecule has 77 heavy (non-hydrogen) atoms. The van der Waals surface area contributed by atoms with Crippen molar-refractivity contribution in [3.8, 4) is 23.0 Å². The monoisotopic (exact) mass is 1090 g/mol. The Balaban J connectivity index is 0.000000191. The Morgan fingerprint density at radius 1 is 0.571 bits per heavy atom. The molecule has 10 rings (SSSR count). The number of benzene rings is 4. The van der Waals surface area contributed by atoms with Gasteiger partial charge in [0.25, 0.3) is 0 Å². The van der Waals surface area contributed by atoms with Crippen molar-refractivity contribution in [3.05, 3.63) is 117 Å². The van der Waals surface area contributed by atoms with Crippen molar-refractivity contribution in [1.82, 2.24) is 29.4 Å². The van der Waals surface area contributed by atoms with Crippen LogP contribution in [0.15, 0.2) is 94.9 Å². The van der Waals surface area contributed by atoms with E-state index in [9.17, 15) is 9.59 Å². The molecule has 3 saturated heterocycles. The number of amidine groups is 2. The van der Waals surface area contributed by atoms with Gasteiger partial charge in [0, 0.05) is 67.5 Å². The number of likely N-dealkylation sites (tertiary alicyclic amines) is 2. The van der Waals surface area contributed by atoms with Crippen LogP contribution in [0.4, 0.5) is 9.59 Å². The van der Waals surface area contributed by atoms with Crippen molar-refractivity contribution in [3.63, 3.8) is 0 Å². The first kappa shape index (κ1) is 56.2. The van der Waals surface area contributed by atoms with E-state index in [0.29, 0.717) is 77.2 Å². The number of urea groups is 2. The number of methoxy groups -OCH3 is 2. The lowest BCUT2D eigenvalue weighted by Gasteiger charge is -2.40. The second kappa shape index (κ2) is 26.4. The van der Waals surface area contributed by atoms with Crippen LogP contribution in [0.1, 0.15) is 126 Å². The van der Waals surface area contributed by atoms with E-state index in [1.165, 1.54) is 51.6 Å². The first-order valence-electron chi connectivity index (χ1n) is 28.4. The highest BCUT2D eigenvalue weighted by Crippen LogP contribution is 2.44. The molecule has 14 nitrogen and oxygen atoms in total. The Morgan fingerprint density at radius 2 is 1.04 bits per heavy atom. The molecule has 4 atom stereocenters. The zero-order chi connectivity index (χ0) is 54.0. The number of hydrogen-bond donors (Lipinski definition) is 0. The molecule has 414 valence electrons. The summed E-state index contributed by atoms with van der Waals surface area (Å²) in [7, 11) is 5.38. The van der Waals surface area contributed by atoms with Gasteiger partial charge in [-0.2, -0.15) is 0 Å². The van der Waals surface area contributed by atoms with Crippen LogP contribution in [0.3, 0.4) is 0 Å². The van der Waals surface area contributed by atoms with Crippen LogP contribution in [-0.4, -0.2) is 158 Å². The zero-order valence-electron chi connectivity index (χ0n) is 46.2. The van der Waals surface area contributed by atoms with Gasteiger partial charge in [0.15, 0.2) is 0 Å². The molecule has 0 bridgehead atoms. The van der Waals surface area contributed by atoms with E-state index in [-0.39, 0.29) is 36.2 Å². The summed E-state index contributed by atoms with van der Waals surface area (Å²) in [5, 5.41) is 1.37. The molecule has 5 heterocycles. The lowest BCUT2D eigenvalue weighted by atomic mass is 9.90. The van der Waals surface area contributed by atoms with E-state index < -0.39 is 0 Å². The molecule has 4 aromatic carbocycles. The number of carbonyl (C=O) groups is 2. The lowest BCUT2D eigenvalue weighted by molar-refractivity contribution is 0.116. The fourth-order valence-corrected chi connectivity index (χ4v) is 12.6. The van der Waals surface area contributed by atoms with Crippen LogP contribution >= 0.6 is 23.2 Å². The summed E-state index contributed by atoms with van der Waals surface area (Å²) < 4.78 is 23.1. The standard InChI is InChI=1S/C34H45ClN4O3.C27H35ClN4O3/c1-3-42-31-23-28(41-2)14-15-29(31)33-36-30(22-24-8-4-5-9-24)32(25-10-12-26(35)13-11-25)39(33)34(40)38-20-16-27(17-21-38)37-18-6-7-19-37;1-5-7-23-25(19-8-10-20(28)11-9-19)32(27(33)31-16-14-30(3)15-17-31)26(29-23)22-13-12-21(34-4)18-24(22)35-6-2/h10-15,23-24,27,30,32H,3-9,16-22H2,1-2H3;8-13,18,23,25H,5-7,14-17H2,1-4H3. The molecule has 16 heteroatoms. The quantitative estimate of drug-likeness (QED) is 0.116. The van der Waals surface area contributed by atoms with E-state index in [0.717, 1.165) is 86.3 Å². The van der Waals surface area contributed by atoms with Crippen molar-refractivity contribution in [2.24, 2.45) is 15.9 Å². The minimum Gasteiger partial charge on any atom is -0.497 e. The average Bonchev–Trinajstić information content (AvgIpc) is 4.40.